The third-order valence-corrected chi connectivity index (χ3v) is 3.62. The second-order valence-electron chi connectivity index (χ2n) is 3.60. The minimum absolute atomic E-state index is 0.188. The van der Waals surface area contributed by atoms with Crippen molar-refractivity contribution in [3.63, 3.8) is 0 Å². The lowest BCUT2D eigenvalue weighted by atomic mass is 10.1. The first kappa shape index (κ1) is 13.0. The average molecular weight is 244 g/mol. The molecule has 0 aliphatic rings. The molecule has 0 aliphatic heterocycles. The second-order valence-corrected chi connectivity index (χ2v) is 5.57. The van der Waals surface area contributed by atoms with Crippen molar-refractivity contribution >= 4 is 10.2 Å². The van der Waals surface area contributed by atoms with Gasteiger partial charge in [0, 0.05) is 20.6 Å². The molecular formula is C10H16N2O3S. The van der Waals surface area contributed by atoms with Crippen molar-refractivity contribution in [1.82, 2.24) is 9.03 Å². The van der Waals surface area contributed by atoms with E-state index in [2.05, 4.69) is 4.72 Å². The first-order valence-electron chi connectivity index (χ1n) is 4.87. The molecule has 0 spiro atoms. The Kier molecular flexibility index (Phi) is 4.28. The van der Waals surface area contributed by atoms with Gasteiger partial charge in [0.05, 0.1) is 0 Å². The van der Waals surface area contributed by atoms with E-state index in [1.165, 1.54) is 14.1 Å². The highest BCUT2D eigenvalue weighted by atomic mass is 32.2. The lowest BCUT2D eigenvalue weighted by molar-refractivity contribution is 0.474. The molecule has 1 aromatic carbocycles. The van der Waals surface area contributed by atoms with Gasteiger partial charge in [-0.05, 0) is 24.1 Å². The van der Waals surface area contributed by atoms with Crippen molar-refractivity contribution in [3.8, 4) is 5.75 Å². The van der Waals surface area contributed by atoms with Crippen LogP contribution in [0.2, 0.25) is 0 Å². The SMILES string of the molecule is CN(C)S(=O)(=O)NCCc1cccc(O)c1. The Labute approximate surface area is 95.9 Å². The molecule has 1 aromatic rings. The van der Waals surface area contributed by atoms with Crippen LogP contribution in [-0.2, 0) is 16.6 Å². The lowest BCUT2D eigenvalue weighted by Crippen LogP contribution is -2.36. The highest BCUT2D eigenvalue weighted by molar-refractivity contribution is 7.87. The maximum Gasteiger partial charge on any atom is 0.278 e. The highest BCUT2D eigenvalue weighted by Crippen LogP contribution is 2.10. The van der Waals surface area contributed by atoms with E-state index in [-0.39, 0.29) is 5.75 Å². The van der Waals surface area contributed by atoms with Crippen molar-refractivity contribution in [2.45, 2.75) is 6.42 Å². The van der Waals surface area contributed by atoms with Crippen LogP contribution in [0.25, 0.3) is 0 Å². The normalized spacial score (nSPS) is 11.9. The van der Waals surface area contributed by atoms with Gasteiger partial charge in [0.15, 0.2) is 0 Å². The van der Waals surface area contributed by atoms with Crippen molar-refractivity contribution < 1.29 is 13.5 Å². The average Bonchev–Trinajstić information content (AvgIpc) is 2.17. The van der Waals surface area contributed by atoms with E-state index in [1.54, 1.807) is 18.2 Å². The van der Waals surface area contributed by atoms with Crippen LogP contribution in [0.3, 0.4) is 0 Å². The van der Waals surface area contributed by atoms with Crippen LogP contribution >= 0.6 is 0 Å². The van der Waals surface area contributed by atoms with Gasteiger partial charge in [-0.1, -0.05) is 12.1 Å². The zero-order valence-electron chi connectivity index (χ0n) is 9.34. The zero-order chi connectivity index (χ0) is 12.2. The predicted octanol–water partition coefficient (Wildman–Crippen LogP) is 0.331. The van der Waals surface area contributed by atoms with E-state index in [0.717, 1.165) is 9.87 Å². The molecular weight excluding hydrogens is 228 g/mol. The molecule has 0 heterocycles. The summed E-state index contributed by atoms with van der Waals surface area (Å²) in [7, 11) is -0.420. The number of hydrogen-bond donors (Lipinski definition) is 2. The maximum atomic E-state index is 11.4. The minimum atomic E-state index is -3.36. The van der Waals surface area contributed by atoms with E-state index >= 15 is 0 Å². The Hall–Kier alpha value is -1.11. The van der Waals surface area contributed by atoms with Gasteiger partial charge in [-0.2, -0.15) is 12.7 Å². The molecule has 0 amide bonds. The molecule has 0 atom stereocenters. The van der Waals surface area contributed by atoms with Crippen LogP contribution < -0.4 is 4.72 Å². The van der Waals surface area contributed by atoms with Gasteiger partial charge in [0.25, 0.3) is 10.2 Å². The van der Waals surface area contributed by atoms with E-state index in [4.69, 9.17) is 0 Å². The summed E-state index contributed by atoms with van der Waals surface area (Å²) in [6, 6.07) is 6.76. The number of nitrogens with one attached hydrogen (secondary N) is 1. The molecule has 5 nitrogen and oxygen atoms in total. The van der Waals surface area contributed by atoms with E-state index in [0.29, 0.717) is 13.0 Å². The van der Waals surface area contributed by atoms with Gasteiger partial charge >= 0.3 is 0 Å². The summed E-state index contributed by atoms with van der Waals surface area (Å²) >= 11 is 0. The summed E-state index contributed by atoms with van der Waals surface area (Å²) in [4.78, 5) is 0. The number of benzene rings is 1. The molecule has 0 unspecified atom stereocenters. The molecule has 90 valence electrons. The number of nitrogens with zero attached hydrogens (tertiary/aromatic N) is 1. The van der Waals surface area contributed by atoms with E-state index in [1.807, 2.05) is 6.07 Å². The summed E-state index contributed by atoms with van der Waals surface area (Å²) in [5, 5.41) is 9.21. The van der Waals surface area contributed by atoms with E-state index in [9.17, 15) is 13.5 Å². The molecule has 0 saturated carbocycles. The summed E-state index contributed by atoms with van der Waals surface area (Å²) in [6.07, 6.45) is 0.543. The smallest absolute Gasteiger partial charge is 0.278 e. The summed E-state index contributed by atoms with van der Waals surface area (Å²) < 4.78 is 26.3. The van der Waals surface area contributed by atoms with Crippen molar-refractivity contribution in [2.75, 3.05) is 20.6 Å². The maximum absolute atomic E-state index is 11.4. The standard InChI is InChI=1S/C10H16N2O3S/c1-12(2)16(14,15)11-7-6-9-4-3-5-10(13)8-9/h3-5,8,11,13H,6-7H2,1-2H3. The summed E-state index contributed by atoms with van der Waals surface area (Å²) in [5.41, 5.74) is 0.890. The molecule has 0 bridgehead atoms. The van der Waals surface area contributed by atoms with Gasteiger partial charge in [-0.3, -0.25) is 0 Å². The van der Waals surface area contributed by atoms with Gasteiger partial charge in [-0.25, -0.2) is 4.72 Å². The van der Waals surface area contributed by atoms with Crippen molar-refractivity contribution in [2.24, 2.45) is 0 Å². The van der Waals surface area contributed by atoms with Crippen molar-refractivity contribution in [1.29, 1.82) is 0 Å². The minimum Gasteiger partial charge on any atom is -0.508 e. The monoisotopic (exact) mass is 244 g/mol. The van der Waals surface area contributed by atoms with Crippen molar-refractivity contribution in [3.05, 3.63) is 29.8 Å². The van der Waals surface area contributed by atoms with Crippen LogP contribution in [0, 0.1) is 0 Å². The third kappa shape index (κ3) is 3.80. The van der Waals surface area contributed by atoms with Gasteiger partial charge in [0.1, 0.15) is 5.75 Å². The van der Waals surface area contributed by atoms with Crippen LogP contribution in [0.15, 0.2) is 24.3 Å². The van der Waals surface area contributed by atoms with Gasteiger partial charge in [-0.15, -0.1) is 0 Å². The molecule has 1 rings (SSSR count). The highest BCUT2D eigenvalue weighted by Gasteiger charge is 2.11. The summed E-state index contributed by atoms with van der Waals surface area (Å²) in [6.45, 7) is 0.309. The topological polar surface area (TPSA) is 69.6 Å². The first-order chi connectivity index (χ1) is 7.42. The molecule has 0 aliphatic carbocycles. The third-order valence-electron chi connectivity index (χ3n) is 2.09. The fourth-order valence-electron chi connectivity index (χ4n) is 1.17. The Balaban J connectivity index is 2.48. The van der Waals surface area contributed by atoms with Gasteiger partial charge in [0.2, 0.25) is 0 Å². The fraction of sp³-hybridized carbons (Fsp3) is 0.400. The Morgan fingerprint density at radius 3 is 2.62 bits per heavy atom. The van der Waals surface area contributed by atoms with Crippen LogP contribution in [0.5, 0.6) is 5.75 Å². The molecule has 6 heteroatoms. The lowest BCUT2D eigenvalue weighted by Gasteiger charge is -2.12. The fourth-order valence-corrected chi connectivity index (χ4v) is 1.78. The molecule has 0 fully saturated rings. The molecule has 2 N–H and O–H groups in total. The quantitative estimate of drug-likeness (QED) is 0.784. The number of hydrogen-bond acceptors (Lipinski definition) is 3. The first-order valence-corrected chi connectivity index (χ1v) is 6.31. The largest absolute Gasteiger partial charge is 0.508 e. The Bertz CT molecular complexity index is 443. The Morgan fingerprint density at radius 2 is 2.06 bits per heavy atom. The second kappa shape index (κ2) is 5.29. The summed E-state index contributed by atoms with van der Waals surface area (Å²) in [5.74, 6) is 0.188. The number of rotatable bonds is 5. The van der Waals surface area contributed by atoms with Crippen LogP contribution in [-0.4, -0.2) is 38.5 Å². The molecule has 0 radical (unpaired) electrons. The number of aromatic hydroxyl groups is 1. The predicted molar refractivity (Wildman–Crippen MR) is 62.4 cm³/mol. The van der Waals surface area contributed by atoms with Crippen LogP contribution in [0.1, 0.15) is 5.56 Å². The van der Waals surface area contributed by atoms with Gasteiger partial charge < -0.3 is 5.11 Å². The number of phenols is 1. The molecule has 0 aromatic heterocycles. The van der Waals surface area contributed by atoms with E-state index < -0.39 is 10.2 Å². The van der Waals surface area contributed by atoms with Crippen LogP contribution in [0.4, 0.5) is 0 Å². The number of phenolic OH excluding ortho intramolecular Hbond substituents is 1. The Morgan fingerprint density at radius 1 is 1.38 bits per heavy atom. The molecule has 16 heavy (non-hydrogen) atoms. The zero-order valence-corrected chi connectivity index (χ0v) is 10.2. The molecule has 0 saturated heterocycles.